The van der Waals surface area contributed by atoms with Gasteiger partial charge < -0.3 is 10.2 Å². The van der Waals surface area contributed by atoms with Crippen molar-refractivity contribution in [3.05, 3.63) is 28.2 Å². The topological polar surface area (TPSA) is 49.4 Å². The summed E-state index contributed by atoms with van der Waals surface area (Å²) in [6.45, 7) is 1.13. The Hall–Kier alpha value is -0.910. The molecule has 0 spiro atoms. The van der Waals surface area contributed by atoms with Crippen molar-refractivity contribution in [2.75, 3.05) is 24.2 Å². The van der Waals surface area contributed by atoms with Crippen LogP contribution in [0.2, 0.25) is 10.0 Å². The molecule has 1 saturated heterocycles. The van der Waals surface area contributed by atoms with Crippen LogP contribution in [-0.2, 0) is 4.79 Å². The van der Waals surface area contributed by atoms with Gasteiger partial charge in [0, 0.05) is 25.3 Å². The molecule has 0 atom stereocenters. The molecule has 1 aliphatic heterocycles. The van der Waals surface area contributed by atoms with Crippen LogP contribution >= 0.6 is 35.0 Å². The van der Waals surface area contributed by atoms with Crippen LogP contribution in [0, 0.1) is 0 Å². The molecule has 1 aromatic rings. The number of carbonyl (C=O) groups is 2. The number of hydrogen-bond acceptors (Lipinski definition) is 3. The fourth-order valence-electron chi connectivity index (χ4n) is 1.68. The lowest BCUT2D eigenvalue weighted by molar-refractivity contribution is -0.116. The fourth-order valence-corrected chi connectivity index (χ4v) is 2.88. The maximum atomic E-state index is 11.8. The number of benzene rings is 1. The first-order valence-corrected chi connectivity index (χ1v) is 7.47. The largest absolute Gasteiger partial charge is 0.332 e. The molecule has 0 unspecified atom stereocenters. The van der Waals surface area contributed by atoms with E-state index in [9.17, 15) is 9.59 Å². The van der Waals surface area contributed by atoms with E-state index < -0.39 is 0 Å². The van der Waals surface area contributed by atoms with Crippen molar-refractivity contribution in [1.82, 2.24) is 4.90 Å². The molecule has 1 heterocycles. The van der Waals surface area contributed by atoms with Gasteiger partial charge in [0.15, 0.2) is 0 Å². The van der Waals surface area contributed by atoms with Crippen molar-refractivity contribution in [2.24, 2.45) is 0 Å². The molecule has 0 aromatic heterocycles. The van der Waals surface area contributed by atoms with Crippen molar-refractivity contribution in [3.8, 4) is 0 Å². The first-order valence-electron chi connectivity index (χ1n) is 5.73. The van der Waals surface area contributed by atoms with E-state index in [1.807, 2.05) is 0 Å². The molecule has 0 aliphatic carbocycles. The maximum Gasteiger partial charge on any atom is 0.281 e. The average molecular weight is 319 g/mol. The molecule has 1 aliphatic rings. The molecule has 4 nitrogen and oxygen atoms in total. The third kappa shape index (κ3) is 3.78. The molecule has 0 bridgehead atoms. The lowest BCUT2D eigenvalue weighted by Crippen LogP contribution is -2.27. The Morgan fingerprint density at radius 2 is 2.21 bits per heavy atom. The van der Waals surface area contributed by atoms with Gasteiger partial charge >= 0.3 is 0 Å². The van der Waals surface area contributed by atoms with E-state index in [1.54, 1.807) is 23.1 Å². The monoisotopic (exact) mass is 318 g/mol. The predicted octanol–water partition coefficient (Wildman–Crippen LogP) is 3.49. The zero-order chi connectivity index (χ0) is 13.8. The van der Waals surface area contributed by atoms with Gasteiger partial charge in [0.05, 0.1) is 15.7 Å². The molecule has 2 rings (SSSR count). The second kappa shape index (κ2) is 6.50. The molecule has 2 amide bonds. The minimum Gasteiger partial charge on any atom is -0.332 e. The molecular weight excluding hydrogens is 307 g/mol. The number of rotatable bonds is 4. The zero-order valence-corrected chi connectivity index (χ0v) is 12.3. The number of amides is 2. The van der Waals surface area contributed by atoms with Gasteiger partial charge in [-0.25, -0.2) is 0 Å². The number of nitrogens with one attached hydrogen (secondary N) is 1. The summed E-state index contributed by atoms with van der Waals surface area (Å²) in [5.74, 6) is 0.606. The van der Waals surface area contributed by atoms with Crippen LogP contribution in [0.4, 0.5) is 10.5 Å². The Bertz CT molecular complexity index is 511. The summed E-state index contributed by atoms with van der Waals surface area (Å²) in [5.41, 5.74) is 0.487. The summed E-state index contributed by atoms with van der Waals surface area (Å²) >= 11 is 13.1. The number of halogens is 2. The standard InChI is InChI=1S/C12H12Cl2N2O2S/c13-8-2-1-3-9(11(8)14)15-10(17)4-5-16-6-7-19-12(16)18/h1-3H,4-7H2,(H,15,17). The number of nitrogens with zero attached hydrogens (tertiary/aromatic N) is 1. The van der Waals surface area contributed by atoms with Gasteiger partial charge in [-0.3, -0.25) is 9.59 Å². The summed E-state index contributed by atoms with van der Waals surface area (Å²) in [6, 6.07) is 5.05. The van der Waals surface area contributed by atoms with Crippen LogP contribution in [0.5, 0.6) is 0 Å². The van der Waals surface area contributed by atoms with E-state index in [2.05, 4.69) is 5.32 Å². The van der Waals surface area contributed by atoms with Crippen LogP contribution in [0.25, 0.3) is 0 Å². The van der Waals surface area contributed by atoms with Gasteiger partial charge in [0.1, 0.15) is 0 Å². The number of anilines is 1. The van der Waals surface area contributed by atoms with E-state index in [1.165, 1.54) is 11.8 Å². The average Bonchev–Trinajstić information content (AvgIpc) is 2.78. The minimum absolute atomic E-state index is 0.0357. The molecule has 0 radical (unpaired) electrons. The Kier molecular flexibility index (Phi) is 4.96. The summed E-state index contributed by atoms with van der Waals surface area (Å²) in [7, 11) is 0. The first kappa shape index (κ1) is 14.5. The van der Waals surface area contributed by atoms with Crippen LogP contribution in [0.3, 0.4) is 0 Å². The van der Waals surface area contributed by atoms with Gasteiger partial charge in [-0.15, -0.1) is 0 Å². The number of carbonyl (C=O) groups excluding carboxylic acids is 2. The SMILES string of the molecule is O=C(CCN1CCSC1=O)Nc1cccc(Cl)c1Cl. The number of hydrogen-bond donors (Lipinski definition) is 1. The zero-order valence-electron chi connectivity index (χ0n) is 9.99. The van der Waals surface area contributed by atoms with Crippen molar-refractivity contribution in [3.63, 3.8) is 0 Å². The number of thioether (sulfide) groups is 1. The first-order chi connectivity index (χ1) is 9.08. The van der Waals surface area contributed by atoms with E-state index in [-0.39, 0.29) is 17.6 Å². The lowest BCUT2D eigenvalue weighted by Gasteiger charge is -2.14. The highest BCUT2D eigenvalue weighted by Crippen LogP contribution is 2.29. The summed E-state index contributed by atoms with van der Waals surface area (Å²) in [6.07, 6.45) is 0.245. The summed E-state index contributed by atoms with van der Waals surface area (Å²) < 4.78 is 0. The second-order valence-electron chi connectivity index (χ2n) is 4.00. The van der Waals surface area contributed by atoms with Gasteiger partial charge in [0.2, 0.25) is 5.91 Å². The Morgan fingerprint density at radius 1 is 1.42 bits per heavy atom. The van der Waals surface area contributed by atoms with E-state index in [4.69, 9.17) is 23.2 Å². The van der Waals surface area contributed by atoms with Crippen LogP contribution in [0.1, 0.15) is 6.42 Å². The predicted molar refractivity (Wildman–Crippen MR) is 79.1 cm³/mol. The smallest absolute Gasteiger partial charge is 0.281 e. The molecule has 1 N–H and O–H groups in total. The molecule has 1 aromatic carbocycles. The van der Waals surface area contributed by atoms with E-state index in [0.29, 0.717) is 28.8 Å². The highest BCUT2D eigenvalue weighted by atomic mass is 35.5. The Balaban J connectivity index is 1.87. The quantitative estimate of drug-likeness (QED) is 0.924. The second-order valence-corrected chi connectivity index (χ2v) is 5.83. The molecule has 7 heteroatoms. The van der Waals surface area contributed by atoms with E-state index in [0.717, 1.165) is 5.75 Å². The molecular formula is C12H12Cl2N2O2S. The fraction of sp³-hybridized carbons (Fsp3) is 0.333. The van der Waals surface area contributed by atoms with Crippen molar-refractivity contribution in [1.29, 1.82) is 0 Å². The Morgan fingerprint density at radius 3 is 2.89 bits per heavy atom. The molecule has 102 valence electrons. The molecule has 1 fully saturated rings. The highest BCUT2D eigenvalue weighted by Gasteiger charge is 2.21. The van der Waals surface area contributed by atoms with Crippen LogP contribution in [-0.4, -0.2) is 34.9 Å². The van der Waals surface area contributed by atoms with Gasteiger partial charge in [-0.05, 0) is 12.1 Å². The Labute approximate surface area is 125 Å². The summed E-state index contributed by atoms with van der Waals surface area (Å²) in [5, 5.41) is 3.44. The van der Waals surface area contributed by atoms with Gasteiger partial charge in [-0.1, -0.05) is 41.0 Å². The van der Waals surface area contributed by atoms with Crippen molar-refractivity contribution < 1.29 is 9.59 Å². The third-order valence-electron chi connectivity index (χ3n) is 2.68. The van der Waals surface area contributed by atoms with E-state index >= 15 is 0 Å². The lowest BCUT2D eigenvalue weighted by atomic mass is 10.3. The van der Waals surface area contributed by atoms with Crippen molar-refractivity contribution in [2.45, 2.75) is 6.42 Å². The maximum absolute atomic E-state index is 11.8. The van der Waals surface area contributed by atoms with Crippen LogP contribution in [0.15, 0.2) is 18.2 Å². The third-order valence-corrected chi connectivity index (χ3v) is 4.39. The highest BCUT2D eigenvalue weighted by molar-refractivity contribution is 8.13. The molecule has 19 heavy (non-hydrogen) atoms. The molecule has 0 saturated carbocycles. The minimum atomic E-state index is -0.186. The van der Waals surface area contributed by atoms with Crippen molar-refractivity contribution >= 4 is 51.8 Å². The van der Waals surface area contributed by atoms with Gasteiger partial charge in [0.25, 0.3) is 5.24 Å². The summed E-state index contributed by atoms with van der Waals surface area (Å²) in [4.78, 5) is 24.8. The van der Waals surface area contributed by atoms with Crippen LogP contribution < -0.4 is 5.32 Å². The normalized spacial score (nSPS) is 14.8. The van der Waals surface area contributed by atoms with Gasteiger partial charge in [-0.2, -0.15) is 0 Å².